The molecule has 18 rings (SSSR count). The maximum Gasteiger partial charge on any atom is 0.166 e. The lowest BCUT2D eigenvalue weighted by molar-refractivity contribution is 0.481. The molecule has 3 nitrogen and oxygen atoms in total. The van der Waals surface area contributed by atoms with E-state index in [1.165, 1.54) is 133 Å². The van der Waals surface area contributed by atoms with Crippen LogP contribution in [-0.4, -0.2) is 0 Å². The zero-order chi connectivity index (χ0) is 101. The average Bonchev–Trinajstić information content (AvgIpc) is 0.791. The quantitative estimate of drug-likeness (QED) is 0.0564. The van der Waals surface area contributed by atoms with E-state index in [0.717, 1.165) is 34.5 Å². The van der Waals surface area contributed by atoms with Crippen LogP contribution in [0.15, 0.2) is 549 Å². The Morgan fingerprint density at radius 1 is 0.119 bits per heavy atom. The summed E-state index contributed by atoms with van der Waals surface area (Å²) < 4.78 is 19.2. The Bertz CT molecular complexity index is 6530. The average molecular weight is 1990 g/mol. The van der Waals surface area contributed by atoms with Gasteiger partial charge in [0.25, 0.3) is 0 Å². The Balaban J connectivity index is 0.000000156. The van der Waals surface area contributed by atoms with E-state index in [9.17, 15) is 0 Å². The Kier molecular flexibility index (Phi) is 32.9. The van der Waals surface area contributed by atoms with Crippen molar-refractivity contribution in [1.82, 2.24) is 0 Å². The first-order valence-corrected chi connectivity index (χ1v) is 56.9. The van der Waals surface area contributed by atoms with Crippen molar-refractivity contribution in [3.8, 4) is 34.5 Å². The summed E-state index contributed by atoms with van der Waals surface area (Å²) in [5, 5.41) is 0. The van der Waals surface area contributed by atoms with E-state index < -0.39 is 0 Å². The van der Waals surface area contributed by atoms with E-state index in [1.807, 2.05) is 0 Å². The Labute approximate surface area is 871 Å². The molecule has 0 amide bonds. The fourth-order valence-electron chi connectivity index (χ4n) is 16.8. The van der Waals surface area contributed by atoms with Gasteiger partial charge in [-0.15, -0.1) is 0 Å². The van der Waals surface area contributed by atoms with E-state index in [4.69, 9.17) is 14.2 Å². The van der Waals surface area contributed by atoms with Crippen molar-refractivity contribution in [2.75, 3.05) is 0 Å². The van der Waals surface area contributed by atoms with Gasteiger partial charge in [0.15, 0.2) is 88.1 Å². The lowest BCUT2D eigenvalue weighted by Crippen LogP contribution is -2.13. The molecule has 0 aliphatic rings. The third-order valence-corrected chi connectivity index (χ3v) is 38.6. The molecule has 18 aromatic rings. The summed E-state index contributed by atoms with van der Waals surface area (Å²) in [4.78, 5) is 23.4. The predicted molar refractivity (Wildman–Crippen MR) is 611 cm³/mol. The van der Waals surface area contributed by atoms with E-state index in [1.54, 1.807) is 0 Å². The molecule has 9 heteroatoms. The molecule has 0 aliphatic carbocycles. The van der Waals surface area contributed by atoms with Crippen LogP contribution in [0.2, 0.25) is 0 Å². The molecule has 0 saturated carbocycles. The number of hydrogen-bond acceptors (Lipinski definition) is 3. The molecule has 0 heterocycles. The summed E-state index contributed by atoms with van der Waals surface area (Å²) >= 11 is 0. The van der Waals surface area contributed by atoms with Crippen molar-refractivity contribution in [3.63, 3.8) is 0 Å². The molecule has 0 saturated heterocycles. The molecule has 0 aromatic heterocycles. The number of hydrogen-bond donors (Lipinski definition) is 0. The van der Waals surface area contributed by atoms with Crippen LogP contribution in [0.25, 0.3) is 0 Å². The molecule has 4 unspecified atom stereocenters. The highest BCUT2D eigenvalue weighted by Crippen LogP contribution is 2.44. The minimum Gasteiger partial charge on any atom is -0.457 e. The van der Waals surface area contributed by atoms with Gasteiger partial charge < -0.3 is 14.2 Å². The standard InChI is InChI=1S/C52H60OS2.C44H44OS2.C38H32OS2/c1-49(2,3)37-13-25-43(26-14-37)54(44-27-15-38(16-28-44)50(4,5)6)47-33-21-41(22-34-47)53-42-23-35-48(36-24-42)55(45-29-17-39(18-30-45)51(7,8)9)46-31-19-40(20-32-46)52(10,11)12;1-43(2,3)33-17-25-39(26-18-33)46(37-13-9-7-10-14-37)41-29-21-35(22-30-41)45-36-23-31-42(32-24-36)47(38-15-11-8-12-16-38)40-27-19-34(20-28-40)44(4,5)6;1-29-13-21-35(22-14-29)40(33-9-5-3-6-10-33)37-25-17-31(18-26-37)39-32-19-27-38(28-20-32)41(34-11-7-4-8-12-34)36-23-15-30(2)16-24-36/h13-36H,1-12H3;7-32H,1-6H3;3-28H,1-2H3/q3*+2. The monoisotopic (exact) mass is 1980 g/mol. The lowest BCUT2D eigenvalue weighted by atomic mass is 9.87. The third kappa shape index (κ3) is 26.9. The van der Waals surface area contributed by atoms with Crippen LogP contribution in [0.1, 0.15) is 169 Å². The largest absolute Gasteiger partial charge is 0.457 e. The molecule has 143 heavy (non-hydrogen) atoms. The second-order valence-corrected chi connectivity index (χ2v) is 54.7. The minimum atomic E-state index is -0.252. The zero-order valence-corrected chi connectivity index (χ0v) is 91.5. The first-order valence-electron chi connectivity index (χ1n) is 49.5. The highest BCUT2D eigenvalue weighted by Gasteiger charge is 2.38. The fourth-order valence-corrected chi connectivity index (χ4v) is 29.2. The number of rotatable bonds is 24. The first-order chi connectivity index (χ1) is 68.5. The number of ether oxygens (including phenoxy) is 3. The van der Waals surface area contributed by atoms with Crippen molar-refractivity contribution in [1.29, 1.82) is 0 Å². The van der Waals surface area contributed by atoms with Gasteiger partial charge in [-0.2, -0.15) is 0 Å². The second kappa shape index (κ2) is 45.6. The van der Waals surface area contributed by atoms with Crippen LogP contribution in [0.5, 0.6) is 34.5 Å². The highest BCUT2D eigenvalue weighted by molar-refractivity contribution is 7.98. The summed E-state index contributed by atoms with van der Waals surface area (Å²) in [6.07, 6.45) is 0. The van der Waals surface area contributed by atoms with Gasteiger partial charge in [-0.3, -0.25) is 0 Å². The van der Waals surface area contributed by atoms with Crippen molar-refractivity contribution in [2.45, 2.75) is 259 Å². The summed E-state index contributed by atoms with van der Waals surface area (Å²) in [6.45, 7) is 45.1. The van der Waals surface area contributed by atoms with Crippen molar-refractivity contribution >= 4 is 65.4 Å². The molecule has 720 valence electrons. The maximum absolute atomic E-state index is 6.49. The smallest absolute Gasteiger partial charge is 0.166 e. The molecule has 0 fully saturated rings. The molecule has 4 atom stereocenters. The molecule has 0 aliphatic heterocycles. The Hall–Kier alpha value is -12.5. The van der Waals surface area contributed by atoms with Crippen LogP contribution in [-0.2, 0) is 97.9 Å². The van der Waals surface area contributed by atoms with E-state index in [-0.39, 0.29) is 97.9 Å². The number of aryl methyl sites for hydroxylation is 2. The van der Waals surface area contributed by atoms with Gasteiger partial charge in [-0.1, -0.05) is 306 Å². The minimum absolute atomic E-state index is 0.111. The molecule has 0 bridgehead atoms. The van der Waals surface area contributed by atoms with E-state index >= 15 is 0 Å². The predicted octanol–water partition coefficient (Wildman–Crippen LogP) is 37.4. The SMILES string of the molecule is CC(C)(C)c1ccc([S+](c2ccc(Oc3ccc([S+](c4ccc(C(C)(C)C)cc4)c4ccc(C(C)(C)C)cc4)cc3)cc2)c2ccc(C(C)(C)C)cc2)cc1.CC(C)(C)c1ccc([S+](c2ccccc2)c2ccc(Oc3ccc([S+](c4ccccc4)c4ccc(C(C)(C)C)cc4)cc3)cc2)cc1.Cc1ccc([S+](c2ccccc2)c2ccc(Oc3ccc([S+](c4ccccc4)c4ccc(C)cc4)cc3)cc2)cc1. The second-order valence-electron chi connectivity index (χ2n) is 42.5. The van der Waals surface area contributed by atoms with Crippen molar-refractivity contribution < 1.29 is 14.2 Å². The molecule has 0 radical (unpaired) electrons. The van der Waals surface area contributed by atoms with Crippen LogP contribution in [0.4, 0.5) is 0 Å². The molecular formula is C134H136O3S6+6. The highest BCUT2D eigenvalue weighted by atomic mass is 32.2. The van der Waals surface area contributed by atoms with Crippen molar-refractivity contribution in [3.05, 3.63) is 506 Å². The first kappa shape index (κ1) is 103. The summed E-state index contributed by atoms with van der Waals surface area (Å²) in [6, 6.07) is 168. The molecule has 0 N–H and O–H groups in total. The van der Waals surface area contributed by atoms with Crippen molar-refractivity contribution in [2.24, 2.45) is 0 Å². The maximum atomic E-state index is 6.49. The van der Waals surface area contributed by atoms with Gasteiger partial charge in [0, 0.05) is 0 Å². The summed E-state index contributed by atoms with van der Waals surface area (Å²) in [5.41, 5.74) is 11.3. The molecule has 0 spiro atoms. The zero-order valence-electron chi connectivity index (χ0n) is 86.6. The summed E-state index contributed by atoms with van der Waals surface area (Å²) in [5.74, 6) is 5.01. The third-order valence-electron chi connectivity index (χ3n) is 25.2. The molecular weight excluding hydrogens is 1850 g/mol. The van der Waals surface area contributed by atoms with Crippen LogP contribution in [0, 0.1) is 13.8 Å². The van der Waals surface area contributed by atoms with Crippen LogP contribution in [0.3, 0.4) is 0 Å². The van der Waals surface area contributed by atoms with Gasteiger partial charge >= 0.3 is 0 Å². The van der Waals surface area contributed by atoms with Gasteiger partial charge in [-0.05, 0) is 371 Å². The number of benzene rings is 18. The Morgan fingerprint density at radius 2 is 0.217 bits per heavy atom. The van der Waals surface area contributed by atoms with E-state index in [2.05, 4.69) is 600 Å². The normalized spacial score (nSPS) is 12.8. The lowest BCUT2D eigenvalue weighted by Gasteiger charge is -2.20. The topological polar surface area (TPSA) is 27.7 Å². The van der Waals surface area contributed by atoms with Gasteiger partial charge in [0.1, 0.15) is 34.5 Å². The Morgan fingerprint density at radius 3 is 0.329 bits per heavy atom. The van der Waals surface area contributed by atoms with Gasteiger partial charge in [0.2, 0.25) is 0 Å². The summed E-state index contributed by atoms with van der Waals surface area (Å²) in [7, 11) is -1.28. The van der Waals surface area contributed by atoms with Crippen LogP contribution < -0.4 is 14.2 Å². The van der Waals surface area contributed by atoms with Crippen LogP contribution >= 0.6 is 0 Å². The van der Waals surface area contributed by atoms with Gasteiger partial charge in [0.05, 0.1) is 65.4 Å². The van der Waals surface area contributed by atoms with Gasteiger partial charge in [-0.25, -0.2) is 0 Å². The molecule has 18 aromatic carbocycles. The van der Waals surface area contributed by atoms with E-state index in [0.29, 0.717) is 0 Å². The fraction of sp³-hybridized carbons (Fsp3) is 0.194.